The molecule has 1 aromatic carbocycles. The van der Waals surface area contributed by atoms with Crippen LogP contribution in [0.1, 0.15) is 61.3 Å². The van der Waals surface area contributed by atoms with Crippen molar-refractivity contribution >= 4 is 24.4 Å². The minimum Gasteiger partial charge on any atom is -0.399 e. The molecule has 4 rings (SSSR count). The quantitative estimate of drug-likeness (QED) is 0.426. The molecule has 2 aliphatic heterocycles. The molecule has 0 unspecified atom stereocenters. The normalized spacial score (nSPS) is 19.9. The fraction of sp³-hybridized carbons (Fsp3) is 0.476. The first-order valence-corrected chi connectivity index (χ1v) is 10.0. The Morgan fingerprint density at radius 1 is 0.931 bits per heavy atom. The van der Waals surface area contributed by atoms with Gasteiger partial charge >= 0.3 is 7.12 Å². The van der Waals surface area contributed by atoms with E-state index in [-0.39, 0.29) is 23.0 Å². The third-order valence-electron chi connectivity index (χ3n) is 6.08. The number of rotatable bonds is 6. The molecule has 2 aromatic rings. The lowest BCUT2D eigenvalue weighted by atomic mass is 9.82. The average Bonchev–Trinajstić information content (AvgIpc) is 3.29. The van der Waals surface area contributed by atoms with Crippen LogP contribution in [-0.4, -0.2) is 51.4 Å². The standard InChI is InChI=1S/C21H26BN3O4/c1-20(2)21(3,4)29-22(28-20)15-13-23-24(14-15)11-7-8-12-25-18(26)16-9-5-6-10-17(16)19(25)27/h5-6,9-10,13-14H,7-8,11-12H2,1-4H3. The number of aryl methyl sites for hydroxylation is 1. The maximum absolute atomic E-state index is 12.4. The van der Waals surface area contributed by atoms with Crippen LogP contribution >= 0.6 is 0 Å². The molecule has 152 valence electrons. The Bertz CT molecular complexity index is 902. The van der Waals surface area contributed by atoms with Crippen LogP contribution in [0.2, 0.25) is 0 Å². The van der Waals surface area contributed by atoms with Crippen molar-refractivity contribution in [1.82, 2.24) is 14.7 Å². The topological polar surface area (TPSA) is 73.7 Å². The Kier molecular flexibility index (Phi) is 4.87. The fourth-order valence-electron chi connectivity index (χ4n) is 3.59. The summed E-state index contributed by atoms with van der Waals surface area (Å²) < 4.78 is 14.0. The number of nitrogens with zero attached hydrogens (tertiary/aromatic N) is 3. The molecule has 0 N–H and O–H groups in total. The molecule has 3 heterocycles. The highest BCUT2D eigenvalue weighted by molar-refractivity contribution is 6.62. The second-order valence-corrected chi connectivity index (χ2v) is 8.64. The van der Waals surface area contributed by atoms with Crippen LogP contribution in [0.15, 0.2) is 36.7 Å². The van der Waals surface area contributed by atoms with Crippen LogP contribution in [0.3, 0.4) is 0 Å². The number of carbonyl (C=O) groups excluding carboxylic acids is 2. The molecule has 1 aromatic heterocycles. The SMILES string of the molecule is CC1(C)OB(c2cnn(CCCCN3C(=O)c4ccccc4C3=O)c2)OC1(C)C. The molecular weight excluding hydrogens is 369 g/mol. The van der Waals surface area contributed by atoms with E-state index in [1.165, 1.54) is 4.90 Å². The number of unbranched alkanes of at least 4 members (excludes halogenated alkanes) is 1. The number of hydrogen-bond donors (Lipinski definition) is 0. The largest absolute Gasteiger partial charge is 0.498 e. The molecule has 2 amide bonds. The van der Waals surface area contributed by atoms with Crippen molar-refractivity contribution in [2.24, 2.45) is 0 Å². The lowest BCUT2D eigenvalue weighted by molar-refractivity contribution is 0.00578. The van der Waals surface area contributed by atoms with Gasteiger partial charge in [0.05, 0.1) is 22.3 Å². The van der Waals surface area contributed by atoms with Gasteiger partial charge in [0.1, 0.15) is 0 Å². The smallest absolute Gasteiger partial charge is 0.399 e. The molecule has 0 atom stereocenters. The van der Waals surface area contributed by atoms with Crippen LogP contribution in [0.4, 0.5) is 0 Å². The molecular formula is C21H26BN3O4. The summed E-state index contributed by atoms with van der Waals surface area (Å²) in [5.41, 5.74) is 1.12. The van der Waals surface area contributed by atoms with E-state index in [4.69, 9.17) is 9.31 Å². The summed E-state index contributed by atoms with van der Waals surface area (Å²) in [6.45, 7) is 9.21. The van der Waals surface area contributed by atoms with E-state index >= 15 is 0 Å². The summed E-state index contributed by atoms with van der Waals surface area (Å²) in [5.74, 6) is -0.402. The van der Waals surface area contributed by atoms with E-state index in [9.17, 15) is 9.59 Å². The van der Waals surface area contributed by atoms with Crippen molar-refractivity contribution < 1.29 is 18.9 Å². The van der Waals surface area contributed by atoms with Crippen molar-refractivity contribution in [3.8, 4) is 0 Å². The molecule has 7 nitrogen and oxygen atoms in total. The van der Waals surface area contributed by atoms with Gasteiger partial charge in [-0.15, -0.1) is 0 Å². The lowest BCUT2D eigenvalue weighted by Crippen LogP contribution is -2.41. The number of fused-ring (bicyclic) bond motifs is 1. The maximum atomic E-state index is 12.4. The van der Waals surface area contributed by atoms with E-state index in [2.05, 4.69) is 5.10 Å². The first-order chi connectivity index (χ1) is 13.7. The zero-order valence-electron chi connectivity index (χ0n) is 17.3. The predicted octanol–water partition coefficient (Wildman–Crippen LogP) is 2.26. The first kappa shape index (κ1) is 19.9. The summed E-state index contributed by atoms with van der Waals surface area (Å²) in [6, 6.07) is 6.97. The zero-order valence-corrected chi connectivity index (χ0v) is 17.3. The van der Waals surface area contributed by atoms with Gasteiger partial charge in [0, 0.05) is 30.9 Å². The van der Waals surface area contributed by atoms with Gasteiger partial charge in [0.25, 0.3) is 11.8 Å². The Morgan fingerprint density at radius 2 is 1.48 bits per heavy atom. The molecule has 0 spiro atoms. The summed E-state index contributed by atoms with van der Waals surface area (Å²) >= 11 is 0. The molecule has 1 saturated heterocycles. The number of imide groups is 1. The van der Waals surface area contributed by atoms with Crippen molar-refractivity contribution in [1.29, 1.82) is 0 Å². The van der Waals surface area contributed by atoms with E-state index in [1.54, 1.807) is 30.5 Å². The Balaban J connectivity index is 1.29. The Hall–Kier alpha value is -2.45. The molecule has 0 bridgehead atoms. The van der Waals surface area contributed by atoms with E-state index < -0.39 is 7.12 Å². The predicted molar refractivity (Wildman–Crippen MR) is 109 cm³/mol. The number of aromatic nitrogens is 2. The zero-order chi connectivity index (χ0) is 20.8. The number of hydrogen-bond acceptors (Lipinski definition) is 5. The maximum Gasteiger partial charge on any atom is 0.498 e. The molecule has 0 radical (unpaired) electrons. The molecule has 0 saturated carbocycles. The number of carbonyl (C=O) groups is 2. The summed E-state index contributed by atoms with van der Waals surface area (Å²) in [5, 5.41) is 4.40. The Labute approximate surface area is 171 Å². The van der Waals surface area contributed by atoms with Crippen LogP contribution in [0, 0.1) is 0 Å². The van der Waals surface area contributed by atoms with Gasteiger partial charge in [-0.2, -0.15) is 5.10 Å². The highest BCUT2D eigenvalue weighted by atomic mass is 16.7. The van der Waals surface area contributed by atoms with Crippen molar-refractivity contribution in [3.05, 3.63) is 47.8 Å². The van der Waals surface area contributed by atoms with Crippen LogP contribution in [0.25, 0.3) is 0 Å². The average molecular weight is 395 g/mol. The van der Waals surface area contributed by atoms with Crippen molar-refractivity contribution in [2.45, 2.75) is 58.3 Å². The minimum absolute atomic E-state index is 0.201. The van der Waals surface area contributed by atoms with Crippen LogP contribution in [0.5, 0.6) is 0 Å². The van der Waals surface area contributed by atoms with E-state index in [0.717, 1.165) is 18.3 Å². The third-order valence-corrected chi connectivity index (χ3v) is 6.08. The minimum atomic E-state index is -0.424. The molecule has 1 fully saturated rings. The molecule has 2 aliphatic rings. The van der Waals surface area contributed by atoms with Crippen LogP contribution in [-0.2, 0) is 15.9 Å². The summed E-state index contributed by atoms with van der Waals surface area (Å²) in [4.78, 5) is 26.1. The van der Waals surface area contributed by atoms with Gasteiger partial charge in [-0.1, -0.05) is 12.1 Å². The Morgan fingerprint density at radius 3 is 2.07 bits per heavy atom. The highest BCUT2D eigenvalue weighted by Crippen LogP contribution is 2.36. The van der Waals surface area contributed by atoms with Gasteiger partial charge < -0.3 is 9.31 Å². The number of amides is 2. The van der Waals surface area contributed by atoms with Gasteiger partial charge in [-0.25, -0.2) is 0 Å². The van der Waals surface area contributed by atoms with Crippen molar-refractivity contribution in [3.63, 3.8) is 0 Å². The molecule has 29 heavy (non-hydrogen) atoms. The fourth-order valence-corrected chi connectivity index (χ4v) is 3.59. The van der Waals surface area contributed by atoms with E-state index in [1.807, 2.05) is 38.6 Å². The second-order valence-electron chi connectivity index (χ2n) is 8.64. The van der Waals surface area contributed by atoms with Crippen molar-refractivity contribution in [2.75, 3.05) is 6.54 Å². The summed E-state index contributed by atoms with van der Waals surface area (Å²) in [7, 11) is -0.424. The molecule has 8 heteroatoms. The summed E-state index contributed by atoms with van der Waals surface area (Å²) in [6.07, 6.45) is 5.23. The highest BCUT2D eigenvalue weighted by Gasteiger charge is 2.52. The second kappa shape index (κ2) is 7.11. The van der Waals surface area contributed by atoms with Gasteiger partial charge in [0.15, 0.2) is 0 Å². The van der Waals surface area contributed by atoms with Crippen LogP contribution < -0.4 is 5.46 Å². The van der Waals surface area contributed by atoms with Gasteiger partial charge in [-0.3, -0.25) is 19.2 Å². The van der Waals surface area contributed by atoms with Gasteiger partial charge in [0.2, 0.25) is 0 Å². The third kappa shape index (κ3) is 3.51. The van der Waals surface area contributed by atoms with E-state index in [0.29, 0.717) is 24.2 Å². The molecule has 0 aliphatic carbocycles. The van der Waals surface area contributed by atoms with Gasteiger partial charge in [-0.05, 0) is 52.7 Å². The lowest BCUT2D eigenvalue weighted by Gasteiger charge is -2.32. The number of benzene rings is 1. The monoisotopic (exact) mass is 395 g/mol. The first-order valence-electron chi connectivity index (χ1n) is 10.0.